The smallest absolute Gasteiger partial charge is 0.408 e. The number of nitrogens with two attached hydrogens (primary N) is 1. The third-order valence-corrected chi connectivity index (χ3v) is 6.10. The minimum absolute atomic E-state index is 0.106. The van der Waals surface area contributed by atoms with Crippen LogP contribution in [0.3, 0.4) is 0 Å². The summed E-state index contributed by atoms with van der Waals surface area (Å²) in [5.41, 5.74) is 5.18. The number of phenolic OH excluding ortho intramolecular Hbond substituents is 1. The first-order valence-corrected chi connectivity index (χ1v) is 13.7. The molecule has 0 saturated carbocycles. The molecule has 2 aromatic carbocycles. The Morgan fingerprint density at radius 1 is 1.02 bits per heavy atom. The number of para-hydroxylation sites is 1. The quantitative estimate of drug-likeness (QED) is 0.247. The molecule has 2 unspecified atom stereocenters. The number of alkyl carbamates (subject to hydrolysis) is 1. The van der Waals surface area contributed by atoms with Crippen molar-refractivity contribution in [2.45, 2.75) is 77.5 Å². The van der Waals surface area contributed by atoms with Crippen molar-refractivity contribution in [1.82, 2.24) is 10.2 Å². The fourth-order valence-corrected chi connectivity index (χ4v) is 4.15. The summed E-state index contributed by atoms with van der Waals surface area (Å²) in [5, 5.41) is 16.1. The number of nitrogens with one attached hydrogen (secondary N) is 2. The van der Waals surface area contributed by atoms with Gasteiger partial charge in [0.2, 0.25) is 11.8 Å². The van der Waals surface area contributed by atoms with Crippen LogP contribution < -0.4 is 21.1 Å². The minimum atomic E-state index is -1.26. The van der Waals surface area contributed by atoms with E-state index < -0.39 is 41.5 Å². The normalized spacial score (nSPS) is 12.5. The lowest BCUT2D eigenvalue weighted by atomic mass is 10.00. The average molecular weight is 571 g/mol. The van der Waals surface area contributed by atoms with E-state index in [1.54, 1.807) is 63.2 Å². The number of hydrogen-bond donors (Lipinski definition) is 4. The molecule has 5 N–H and O–H groups in total. The number of rotatable bonds is 14. The number of anilines is 1. The molecule has 0 radical (unpaired) electrons. The van der Waals surface area contributed by atoms with Crippen LogP contribution in [-0.4, -0.2) is 59.1 Å². The molecule has 0 fully saturated rings. The maximum atomic E-state index is 14.1. The molecule has 4 amide bonds. The Bertz CT molecular complexity index is 1180. The Labute approximate surface area is 241 Å². The number of hydrogen-bond acceptors (Lipinski definition) is 7. The molecule has 0 aliphatic rings. The highest BCUT2D eigenvalue weighted by Gasteiger charge is 2.37. The standard InChI is InChI=1S/C30H42N4O7/c1-6-7-10-19-34(28(38)23(17-18-25(31)36)33-29(39)41-30(2,3)4)26(22-11-8-9-12-24(22)35)27(37)32-20-13-15-21(40-5)16-14-20/h8-9,11-16,23,26,35H,6-7,10,17-19H2,1-5H3,(H2,31,36)(H,32,37)(H,33,39). The van der Waals surface area contributed by atoms with Crippen LogP contribution in [0.5, 0.6) is 11.5 Å². The summed E-state index contributed by atoms with van der Waals surface area (Å²) >= 11 is 0. The van der Waals surface area contributed by atoms with Crippen molar-refractivity contribution in [3.8, 4) is 11.5 Å². The Balaban J connectivity index is 2.54. The predicted molar refractivity (Wildman–Crippen MR) is 155 cm³/mol. The first kappa shape index (κ1) is 32.9. The van der Waals surface area contributed by atoms with Crippen LogP contribution >= 0.6 is 0 Å². The van der Waals surface area contributed by atoms with Gasteiger partial charge in [0.25, 0.3) is 5.91 Å². The third-order valence-electron chi connectivity index (χ3n) is 6.10. The summed E-state index contributed by atoms with van der Waals surface area (Å²) in [7, 11) is 1.53. The van der Waals surface area contributed by atoms with Crippen molar-refractivity contribution < 1.29 is 33.8 Å². The van der Waals surface area contributed by atoms with E-state index in [4.69, 9.17) is 15.2 Å². The average Bonchev–Trinajstić information content (AvgIpc) is 2.90. The van der Waals surface area contributed by atoms with Crippen LogP contribution in [0.25, 0.3) is 0 Å². The topological polar surface area (TPSA) is 160 Å². The second-order valence-electron chi connectivity index (χ2n) is 10.6. The lowest BCUT2D eigenvalue weighted by molar-refractivity contribution is -0.141. The summed E-state index contributed by atoms with van der Waals surface area (Å²) in [4.78, 5) is 53.6. The Morgan fingerprint density at radius 2 is 1.68 bits per heavy atom. The number of unbranched alkanes of at least 4 members (excludes halogenated alkanes) is 2. The van der Waals surface area contributed by atoms with Crippen LogP contribution in [0.15, 0.2) is 48.5 Å². The second kappa shape index (κ2) is 15.5. The highest BCUT2D eigenvalue weighted by atomic mass is 16.6. The number of amides is 4. The molecule has 0 heterocycles. The fraction of sp³-hybridized carbons (Fsp3) is 0.467. The molecule has 2 aromatic rings. The minimum Gasteiger partial charge on any atom is -0.508 e. The highest BCUT2D eigenvalue weighted by molar-refractivity contribution is 5.99. The Kier molecular flexibility index (Phi) is 12.4. The molecule has 224 valence electrons. The zero-order valence-corrected chi connectivity index (χ0v) is 24.4. The SMILES string of the molecule is CCCCCN(C(=O)C(CCC(N)=O)NC(=O)OC(C)(C)C)C(C(=O)Nc1ccc(OC)cc1)c1ccccc1O. The lowest BCUT2D eigenvalue weighted by Gasteiger charge is -2.34. The van der Waals surface area contributed by atoms with Gasteiger partial charge >= 0.3 is 6.09 Å². The number of nitrogens with zero attached hydrogens (tertiary/aromatic N) is 1. The van der Waals surface area contributed by atoms with Gasteiger partial charge in [-0.3, -0.25) is 14.4 Å². The highest BCUT2D eigenvalue weighted by Crippen LogP contribution is 2.31. The van der Waals surface area contributed by atoms with Crippen LogP contribution in [0, 0.1) is 0 Å². The number of primary amides is 1. The van der Waals surface area contributed by atoms with E-state index in [0.29, 0.717) is 17.9 Å². The number of benzene rings is 2. The monoisotopic (exact) mass is 570 g/mol. The fourth-order valence-electron chi connectivity index (χ4n) is 4.15. The summed E-state index contributed by atoms with van der Waals surface area (Å²) in [6.07, 6.45) is 1.03. The molecule has 0 aliphatic heterocycles. The first-order valence-electron chi connectivity index (χ1n) is 13.7. The van der Waals surface area contributed by atoms with E-state index in [1.165, 1.54) is 18.1 Å². The van der Waals surface area contributed by atoms with Crippen LogP contribution in [0.1, 0.15) is 71.4 Å². The van der Waals surface area contributed by atoms with Gasteiger partial charge in [-0.1, -0.05) is 38.0 Å². The Hall–Kier alpha value is -4.28. The van der Waals surface area contributed by atoms with Crippen molar-refractivity contribution >= 4 is 29.5 Å². The van der Waals surface area contributed by atoms with Crippen LogP contribution in [-0.2, 0) is 19.1 Å². The number of methoxy groups -OCH3 is 1. The molecule has 0 spiro atoms. The molecule has 0 bridgehead atoms. The summed E-state index contributed by atoms with van der Waals surface area (Å²) in [6.45, 7) is 7.19. The van der Waals surface area contributed by atoms with Gasteiger partial charge < -0.3 is 35.8 Å². The molecule has 2 rings (SSSR count). The number of phenols is 1. The summed E-state index contributed by atoms with van der Waals surface area (Å²) < 4.78 is 10.5. The predicted octanol–water partition coefficient (Wildman–Crippen LogP) is 4.26. The van der Waals surface area contributed by atoms with Gasteiger partial charge in [0.1, 0.15) is 29.2 Å². The van der Waals surface area contributed by atoms with Crippen LogP contribution in [0.2, 0.25) is 0 Å². The molecular formula is C30H42N4O7. The molecule has 11 heteroatoms. The largest absolute Gasteiger partial charge is 0.508 e. The van der Waals surface area contributed by atoms with Crippen molar-refractivity contribution in [1.29, 1.82) is 0 Å². The van der Waals surface area contributed by atoms with E-state index in [2.05, 4.69) is 10.6 Å². The molecule has 0 aromatic heterocycles. The van der Waals surface area contributed by atoms with Gasteiger partial charge in [-0.15, -0.1) is 0 Å². The van der Waals surface area contributed by atoms with Crippen molar-refractivity contribution in [3.05, 3.63) is 54.1 Å². The van der Waals surface area contributed by atoms with Gasteiger partial charge in [0.15, 0.2) is 0 Å². The Morgan fingerprint density at radius 3 is 2.24 bits per heavy atom. The van der Waals surface area contributed by atoms with Crippen molar-refractivity contribution in [3.63, 3.8) is 0 Å². The van der Waals surface area contributed by atoms with Gasteiger partial charge in [-0.25, -0.2) is 4.79 Å². The molecule has 2 atom stereocenters. The van der Waals surface area contributed by atoms with E-state index in [0.717, 1.165) is 12.8 Å². The second-order valence-corrected chi connectivity index (χ2v) is 10.6. The summed E-state index contributed by atoms with van der Waals surface area (Å²) in [5.74, 6) is -1.42. The number of aromatic hydroxyl groups is 1. The maximum absolute atomic E-state index is 14.1. The van der Waals surface area contributed by atoms with Gasteiger partial charge in [-0.05, 0) is 63.9 Å². The third kappa shape index (κ3) is 10.7. The molecule has 0 aliphatic carbocycles. The first-order chi connectivity index (χ1) is 19.4. The zero-order chi connectivity index (χ0) is 30.6. The zero-order valence-electron chi connectivity index (χ0n) is 24.4. The van der Waals surface area contributed by atoms with Gasteiger partial charge in [-0.2, -0.15) is 0 Å². The van der Waals surface area contributed by atoms with E-state index >= 15 is 0 Å². The summed E-state index contributed by atoms with van der Waals surface area (Å²) in [6, 6.07) is 10.4. The van der Waals surface area contributed by atoms with E-state index in [9.17, 15) is 24.3 Å². The number of carbonyl (C=O) groups excluding carboxylic acids is 4. The van der Waals surface area contributed by atoms with Crippen molar-refractivity contribution in [2.24, 2.45) is 5.73 Å². The molecule has 41 heavy (non-hydrogen) atoms. The number of carbonyl (C=O) groups is 4. The van der Waals surface area contributed by atoms with Gasteiger partial charge in [0, 0.05) is 24.2 Å². The molecule has 0 saturated heterocycles. The van der Waals surface area contributed by atoms with Gasteiger partial charge in [0.05, 0.1) is 7.11 Å². The van der Waals surface area contributed by atoms with E-state index in [-0.39, 0.29) is 30.7 Å². The van der Waals surface area contributed by atoms with Crippen molar-refractivity contribution in [2.75, 3.05) is 19.0 Å². The molecule has 11 nitrogen and oxygen atoms in total. The molecular weight excluding hydrogens is 528 g/mol. The van der Waals surface area contributed by atoms with Crippen LogP contribution in [0.4, 0.5) is 10.5 Å². The maximum Gasteiger partial charge on any atom is 0.408 e. The van der Waals surface area contributed by atoms with E-state index in [1.807, 2.05) is 6.92 Å². The number of ether oxygens (including phenoxy) is 2. The lowest BCUT2D eigenvalue weighted by Crippen LogP contribution is -2.52.